The Bertz CT molecular complexity index is 720. The minimum absolute atomic E-state index is 0.252. The minimum Gasteiger partial charge on any atom is -0.396 e. The van der Waals surface area contributed by atoms with Crippen molar-refractivity contribution < 1.29 is 17.2 Å². The number of nitrogen functional groups attached to an aromatic ring is 1. The van der Waals surface area contributed by atoms with Crippen LogP contribution in [0.2, 0.25) is 0 Å². The number of hydrogen-bond acceptors (Lipinski definition) is 4. The van der Waals surface area contributed by atoms with Gasteiger partial charge >= 0.3 is 0 Å². The summed E-state index contributed by atoms with van der Waals surface area (Å²) in [7, 11) is -4.04. The number of anilines is 2. The van der Waals surface area contributed by atoms with Crippen molar-refractivity contribution in [2.45, 2.75) is 4.90 Å². The molecule has 0 bridgehead atoms. The number of halogens is 2. The first-order valence-electron chi connectivity index (χ1n) is 5.07. The van der Waals surface area contributed by atoms with Gasteiger partial charge in [-0.15, -0.1) is 0 Å². The van der Waals surface area contributed by atoms with Crippen molar-refractivity contribution in [2.75, 3.05) is 10.5 Å². The van der Waals surface area contributed by atoms with Crippen molar-refractivity contribution in [3.63, 3.8) is 0 Å². The van der Waals surface area contributed by atoms with Gasteiger partial charge in [0.05, 0.1) is 22.5 Å². The molecule has 2 aromatic rings. The van der Waals surface area contributed by atoms with Gasteiger partial charge < -0.3 is 5.73 Å². The molecule has 100 valence electrons. The predicted molar refractivity (Wildman–Crippen MR) is 65.8 cm³/mol. The van der Waals surface area contributed by atoms with Crippen LogP contribution in [0, 0.1) is 11.6 Å². The number of nitrogens with two attached hydrogens (primary N) is 1. The predicted octanol–water partition coefficient (Wildman–Crippen LogP) is 1.74. The molecule has 0 spiro atoms. The second-order valence-electron chi connectivity index (χ2n) is 3.64. The van der Waals surface area contributed by atoms with Crippen LogP contribution in [-0.4, -0.2) is 13.4 Å². The zero-order valence-corrected chi connectivity index (χ0v) is 10.3. The van der Waals surface area contributed by atoms with Crippen LogP contribution < -0.4 is 10.5 Å². The van der Waals surface area contributed by atoms with Crippen molar-refractivity contribution in [2.24, 2.45) is 0 Å². The number of hydrogen-bond donors (Lipinski definition) is 2. The third kappa shape index (κ3) is 2.79. The molecule has 0 radical (unpaired) electrons. The van der Waals surface area contributed by atoms with E-state index in [0.717, 1.165) is 24.4 Å². The zero-order chi connectivity index (χ0) is 14.0. The molecule has 0 saturated heterocycles. The van der Waals surface area contributed by atoms with Crippen LogP contribution in [0.5, 0.6) is 0 Å². The Morgan fingerprint density at radius 1 is 1.16 bits per heavy atom. The van der Waals surface area contributed by atoms with Crippen LogP contribution in [-0.2, 0) is 10.0 Å². The average molecular weight is 285 g/mol. The maximum absolute atomic E-state index is 13.3. The molecule has 1 aromatic carbocycles. The van der Waals surface area contributed by atoms with Gasteiger partial charge in [0.15, 0.2) is 5.82 Å². The van der Waals surface area contributed by atoms with Crippen molar-refractivity contribution >= 4 is 21.4 Å². The number of pyridine rings is 1. The molecule has 8 heteroatoms. The van der Waals surface area contributed by atoms with Gasteiger partial charge in [0.25, 0.3) is 10.0 Å². The maximum Gasteiger partial charge on any atom is 0.262 e. The van der Waals surface area contributed by atoms with Gasteiger partial charge in [-0.1, -0.05) is 0 Å². The van der Waals surface area contributed by atoms with E-state index < -0.39 is 21.7 Å². The second kappa shape index (κ2) is 4.81. The molecule has 1 heterocycles. The van der Waals surface area contributed by atoms with E-state index in [0.29, 0.717) is 0 Å². The normalized spacial score (nSPS) is 11.3. The molecule has 0 aliphatic rings. The van der Waals surface area contributed by atoms with Crippen LogP contribution in [0.3, 0.4) is 0 Å². The fraction of sp³-hybridized carbons (Fsp3) is 0. The summed E-state index contributed by atoms with van der Waals surface area (Å²) in [5.74, 6) is -1.55. The number of aromatic nitrogens is 1. The van der Waals surface area contributed by atoms with Crippen LogP contribution in [0.1, 0.15) is 0 Å². The number of nitrogens with one attached hydrogen (secondary N) is 1. The first-order chi connectivity index (χ1) is 8.90. The Hall–Kier alpha value is -2.22. The molecular formula is C11H9F2N3O2S. The van der Waals surface area contributed by atoms with Gasteiger partial charge in [-0.05, 0) is 24.3 Å². The van der Waals surface area contributed by atoms with Crippen LogP contribution in [0.4, 0.5) is 20.2 Å². The summed E-state index contributed by atoms with van der Waals surface area (Å²) in [6.45, 7) is 0. The zero-order valence-electron chi connectivity index (χ0n) is 9.47. The Balaban J connectivity index is 2.38. The largest absolute Gasteiger partial charge is 0.396 e. The molecular weight excluding hydrogens is 276 g/mol. The summed E-state index contributed by atoms with van der Waals surface area (Å²) in [6, 6.07) is 4.08. The van der Waals surface area contributed by atoms with Gasteiger partial charge in [0.2, 0.25) is 0 Å². The molecule has 0 aliphatic carbocycles. The molecule has 0 atom stereocenters. The lowest BCUT2D eigenvalue weighted by atomic mass is 10.3. The number of rotatable bonds is 3. The minimum atomic E-state index is -4.04. The lowest BCUT2D eigenvalue weighted by molar-refractivity contribution is 0.597. The molecule has 0 amide bonds. The average Bonchev–Trinajstić information content (AvgIpc) is 2.35. The lowest BCUT2D eigenvalue weighted by Crippen LogP contribution is -2.14. The number of nitrogens with zero attached hydrogens (tertiary/aromatic N) is 1. The van der Waals surface area contributed by atoms with Gasteiger partial charge in [0.1, 0.15) is 5.82 Å². The van der Waals surface area contributed by atoms with Crippen LogP contribution >= 0.6 is 0 Å². The highest BCUT2D eigenvalue weighted by atomic mass is 32.2. The fourth-order valence-electron chi connectivity index (χ4n) is 1.35. The van der Waals surface area contributed by atoms with Gasteiger partial charge in [0, 0.05) is 6.20 Å². The quantitative estimate of drug-likeness (QED) is 0.841. The molecule has 0 aliphatic heterocycles. The number of benzene rings is 1. The first-order valence-corrected chi connectivity index (χ1v) is 6.56. The molecule has 0 fully saturated rings. The molecule has 2 rings (SSSR count). The van der Waals surface area contributed by atoms with Gasteiger partial charge in [-0.2, -0.15) is 0 Å². The van der Waals surface area contributed by atoms with Crippen LogP contribution in [0.25, 0.3) is 0 Å². The fourth-order valence-corrected chi connectivity index (χ4v) is 2.45. The summed E-state index contributed by atoms with van der Waals surface area (Å²) in [6.07, 6.45) is 2.11. The topological polar surface area (TPSA) is 85.1 Å². The van der Waals surface area contributed by atoms with E-state index in [9.17, 15) is 17.2 Å². The van der Waals surface area contributed by atoms with E-state index in [-0.39, 0.29) is 16.3 Å². The summed E-state index contributed by atoms with van der Waals surface area (Å²) >= 11 is 0. The van der Waals surface area contributed by atoms with Crippen molar-refractivity contribution in [3.05, 3.63) is 48.3 Å². The monoisotopic (exact) mass is 285 g/mol. The molecule has 19 heavy (non-hydrogen) atoms. The SMILES string of the molecule is Nc1cc(S(=O)(=O)Nc2ccncc2F)ccc1F. The lowest BCUT2D eigenvalue weighted by Gasteiger charge is -2.09. The van der Waals surface area contributed by atoms with E-state index in [2.05, 4.69) is 4.98 Å². The van der Waals surface area contributed by atoms with Crippen molar-refractivity contribution in [3.8, 4) is 0 Å². The molecule has 1 aromatic heterocycles. The standard InChI is InChI=1S/C11H9F2N3O2S/c12-8-2-1-7(5-10(8)14)19(17,18)16-11-3-4-15-6-9(11)13/h1-6H,14H2,(H,15,16). The summed E-state index contributed by atoms with van der Waals surface area (Å²) < 4.78 is 52.2. The highest BCUT2D eigenvalue weighted by Gasteiger charge is 2.17. The third-order valence-corrected chi connectivity index (χ3v) is 3.66. The second-order valence-corrected chi connectivity index (χ2v) is 5.33. The Labute approximate surface area is 108 Å². The molecule has 5 nitrogen and oxygen atoms in total. The van der Waals surface area contributed by atoms with Gasteiger partial charge in [-0.25, -0.2) is 17.2 Å². The van der Waals surface area contributed by atoms with Gasteiger partial charge in [-0.3, -0.25) is 9.71 Å². The van der Waals surface area contributed by atoms with Crippen LogP contribution in [0.15, 0.2) is 41.6 Å². The highest BCUT2D eigenvalue weighted by Crippen LogP contribution is 2.20. The van der Waals surface area contributed by atoms with E-state index in [4.69, 9.17) is 5.73 Å². The Morgan fingerprint density at radius 3 is 2.53 bits per heavy atom. The molecule has 0 saturated carbocycles. The Morgan fingerprint density at radius 2 is 1.89 bits per heavy atom. The van der Waals surface area contributed by atoms with E-state index in [1.807, 2.05) is 4.72 Å². The summed E-state index contributed by atoms with van der Waals surface area (Å²) in [5.41, 5.74) is 4.73. The number of sulfonamides is 1. The van der Waals surface area contributed by atoms with Crippen molar-refractivity contribution in [1.82, 2.24) is 4.98 Å². The van der Waals surface area contributed by atoms with E-state index >= 15 is 0 Å². The smallest absolute Gasteiger partial charge is 0.262 e. The first kappa shape index (κ1) is 13.2. The highest BCUT2D eigenvalue weighted by molar-refractivity contribution is 7.92. The molecule has 0 unspecified atom stereocenters. The van der Waals surface area contributed by atoms with E-state index in [1.165, 1.54) is 12.3 Å². The third-order valence-electron chi connectivity index (χ3n) is 2.29. The van der Waals surface area contributed by atoms with Crippen molar-refractivity contribution in [1.29, 1.82) is 0 Å². The summed E-state index contributed by atoms with van der Waals surface area (Å²) in [4.78, 5) is 3.23. The Kier molecular flexibility index (Phi) is 3.34. The molecule has 3 N–H and O–H groups in total. The maximum atomic E-state index is 13.3. The van der Waals surface area contributed by atoms with E-state index in [1.54, 1.807) is 0 Å². The summed E-state index contributed by atoms with van der Waals surface area (Å²) in [5, 5.41) is 0.